The molecular formula is C19H18F3N5. The minimum atomic E-state index is -4.54. The van der Waals surface area contributed by atoms with Crippen molar-refractivity contribution in [3.8, 4) is 6.07 Å². The van der Waals surface area contributed by atoms with Crippen LogP contribution in [0.2, 0.25) is 0 Å². The van der Waals surface area contributed by atoms with Gasteiger partial charge in [-0.15, -0.1) is 0 Å². The van der Waals surface area contributed by atoms with Crippen LogP contribution in [0.5, 0.6) is 0 Å². The maximum absolute atomic E-state index is 13.2. The number of hydrogen-bond donors (Lipinski definition) is 1. The first-order chi connectivity index (χ1) is 12.9. The molecule has 2 heterocycles. The quantitative estimate of drug-likeness (QED) is 0.880. The van der Waals surface area contributed by atoms with E-state index in [1.165, 1.54) is 6.07 Å². The van der Waals surface area contributed by atoms with Gasteiger partial charge in [-0.1, -0.05) is 0 Å². The van der Waals surface area contributed by atoms with E-state index in [2.05, 4.69) is 15.3 Å². The van der Waals surface area contributed by atoms with E-state index in [-0.39, 0.29) is 11.6 Å². The highest BCUT2D eigenvalue weighted by Gasteiger charge is 2.35. The lowest BCUT2D eigenvalue weighted by atomic mass is 10.1. The van der Waals surface area contributed by atoms with Gasteiger partial charge in [0.05, 0.1) is 17.2 Å². The predicted molar refractivity (Wildman–Crippen MR) is 94.4 cm³/mol. The first-order valence-corrected chi connectivity index (χ1v) is 8.90. The first kappa shape index (κ1) is 17.6. The number of nitrogens with one attached hydrogen (secondary N) is 1. The minimum absolute atomic E-state index is 0.0944. The Kier molecular flexibility index (Phi) is 4.38. The summed E-state index contributed by atoms with van der Waals surface area (Å²) in [7, 11) is 0. The van der Waals surface area contributed by atoms with E-state index < -0.39 is 11.7 Å². The van der Waals surface area contributed by atoms with Crippen molar-refractivity contribution in [3.63, 3.8) is 0 Å². The Labute approximate surface area is 154 Å². The summed E-state index contributed by atoms with van der Waals surface area (Å²) in [6.07, 6.45) is 0.246. The summed E-state index contributed by atoms with van der Waals surface area (Å²) in [5, 5.41) is 12.3. The third kappa shape index (κ3) is 3.82. The monoisotopic (exact) mass is 373 g/mol. The van der Waals surface area contributed by atoms with E-state index in [0.29, 0.717) is 24.7 Å². The summed E-state index contributed by atoms with van der Waals surface area (Å²) in [6, 6.07) is 7.41. The number of nitriles is 1. The number of rotatable bonds is 4. The van der Waals surface area contributed by atoms with Crippen LogP contribution in [0.1, 0.15) is 42.1 Å². The number of hydrogen-bond acceptors (Lipinski definition) is 5. The fourth-order valence-electron chi connectivity index (χ4n) is 3.38. The third-order valence-corrected chi connectivity index (χ3v) is 4.95. The first-order valence-electron chi connectivity index (χ1n) is 8.90. The molecule has 1 N–H and O–H groups in total. The Hall–Kier alpha value is -2.82. The second kappa shape index (κ2) is 6.72. The molecular weight excluding hydrogens is 355 g/mol. The SMILES string of the molecule is N#Cc1ccc(N2CCC(Nc3ccnc(C4CC4)n3)C2)cc1C(F)(F)F. The van der Waals surface area contributed by atoms with Crippen molar-refractivity contribution in [2.24, 2.45) is 0 Å². The van der Waals surface area contributed by atoms with Crippen LogP contribution in [-0.4, -0.2) is 29.1 Å². The van der Waals surface area contributed by atoms with Gasteiger partial charge in [0.1, 0.15) is 11.6 Å². The Morgan fingerprint density at radius 1 is 1.19 bits per heavy atom. The molecule has 0 radical (unpaired) electrons. The predicted octanol–water partition coefficient (Wildman–Crippen LogP) is 3.94. The molecule has 140 valence electrons. The van der Waals surface area contributed by atoms with Crippen molar-refractivity contribution in [2.45, 2.75) is 37.4 Å². The van der Waals surface area contributed by atoms with E-state index in [0.717, 1.165) is 37.0 Å². The molecule has 1 aromatic carbocycles. The molecule has 4 rings (SSSR count). The van der Waals surface area contributed by atoms with Gasteiger partial charge in [0.15, 0.2) is 0 Å². The maximum Gasteiger partial charge on any atom is 0.417 e. The van der Waals surface area contributed by atoms with Crippen molar-refractivity contribution < 1.29 is 13.2 Å². The molecule has 1 aromatic heterocycles. The highest BCUT2D eigenvalue weighted by Crippen LogP contribution is 2.38. The molecule has 0 spiro atoms. The van der Waals surface area contributed by atoms with Crippen LogP contribution in [0.25, 0.3) is 0 Å². The van der Waals surface area contributed by atoms with Crippen LogP contribution in [-0.2, 0) is 6.18 Å². The second-order valence-electron chi connectivity index (χ2n) is 6.99. The number of halogens is 3. The largest absolute Gasteiger partial charge is 0.417 e. The zero-order valence-corrected chi connectivity index (χ0v) is 14.5. The smallest absolute Gasteiger partial charge is 0.369 e. The summed E-state index contributed by atoms with van der Waals surface area (Å²) in [6.45, 7) is 1.22. The van der Waals surface area contributed by atoms with Gasteiger partial charge in [-0.05, 0) is 43.5 Å². The number of nitrogens with zero attached hydrogens (tertiary/aromatic N) is 4. The summed E-state index contributed by atoms with van der Waals surface area (Å²) >= 11 is 0. The van der Waals surface area contributed by atoms with Gasteiger partial charge >= 0.3 is 6.18 Å². The molecule has 0 bridgehead atoms. The van der Waals surface area contributed by atoms with Crippen molar-refractivity contribution in [2.75, 3.05) is 23.3 Å². The lowest BCUT2D eigenvalue weighted by Crippen LogP contribution is -2.26. The van der Waals surface area contributed by atoms with E-state index >= 15 is 0 Å². The number of aromatic nitrogens is 2. The summed E-state index contributed by atoms with van der Waals surface area (Å²) in [4.78, 5) is 10.7. The molecule has 5 nitrogen and oxygen atoms in total. The average Bonchev–Trinajstić information content (AvgIpc) is 3.40. The van der Waals surface area contributed by atoms with Crippen LogP contribution >= 0.6 is 0 Å². The summed E-state index contributed by atoms with van der Waals surface area (Å²) in [5.41, 5.74) is -0.760. The average molecular weight is 373 g/mol. The number of alkyl halides is 3. The zero-order chi connectivity index (χ0) is 19.0. The van der Waals surface area contributed by atoms with Crippen molar-refractivity contribution in [1.29, 1.82) is 5.26 Å². The highest BCUT2D eigenvalue weighted by atomic mass is 19.4. The molecule has 1 unspecified atom stereocenters. The van der Waals surface area contributed by atoms with E-state index in [1.807, 2.05) is 11.0 Å². The van der Waals surface area contributed by atoms with Gasteiger partial charge in [0.2, 0.25) is 0 Å². The van der Waals surface area contributed by atoms with Crippen molar-refractivity contribution >= 4 is 11.5 Å². The van der Waals surface area contributed by atoms with E-state index in [9.17, 15) is 13.2 Å². The third-order valence-electron chi connectivity index (χ3n) is 4.95. The van der Waals surface area contributed by atoms with Crippen LogP contribution in [0, 0.1) is 11.3 Å². The Bertz CT molecular complexity index is 886. The van der Waals surface area contributed by atoms with Gasteiger partial charge in [-0.3, -0.25) is 0 Å². The van der Waals surface area contributed by atoms with Gasteiger partial charge in [-0.25, -0.2) is 9.97 Å². The Morgan fingerprint density at radius 3 is 2.70 bits per heavy atom. The van der Waals surface area contributed by atoms with Gasteiger partial charge in [0, 0.05) is 36.9 Å². The lowest BCUT2D eigenvalue weighted by Gasteiger charge is -2.21. The van der Waals surface area contributed by atoms with Crippen LogP contribution < -0.4 is 10.2 Å². The molecule has 1 atom stereocenters. The molecule has 27 heavy (non-hydrogen) atoms. The number of benzene rings is 1. The van der Waals surface area contributed by atoms with Gasteiger partial charge in [-0.2, -0.15) is 18.4 Å². The van der Waals surface area contributed by atoms with E-state index in [4.69, 9.17) is 5.26 Å². The molecule has 1 saturated heterocycles. The topological polar surface area (TPSA) is 64.8 Å². The molecule has 1 aliphatic heterocycles. The standard InChI is InChI=1S/C19H18F3N5/c20-19(21,22)16-9-15(4-3-13(16)10-23)27-8-6-14(11-27)25-17-5-7-24-18(26-17)12-1-2-12/h3-5,7,9,12,14H,1-2,6,8,11H2,(H,24,25,26). The highest BCUT2D eigenvalue weighted by molar-refractivity contribution is 5.56. The molecule has 1 aliphatic carbocycles. The fourth-order valence-corrected chi connectivity index (χ4v) is 3.38. The summed E-state index contributed by atoms with van der Waals surface area (Å²) < 4.78 is 39.5. The molecule has 2 aliphatic rings. The maximum atomic E-state index is 13.2. The normalized spacial score (nSPS) is 19.8. The van der Waals surface area contributed by atoms with Crippen molar-refractivity contribution in [1.82, 2.24) is 9.97 Å². The van der Waals surface area contributed by atoms with Crippen LogP contribution in [0.4, 0.5) is 24.7 Å². The van der Waals surface area contributed by atoms with Gasteiger partial charge < -0.3 is 10.2 Å². The lowest BCUT2D eigenvalue weighted by molar-refractivity contribution is -0.137. The zero-order valence-electron chi connectivity index (χ0n) is 14.5. The molecule has 8 heteroatoms. The molecule has 2 aromatic rings. The number of anilines is 2. The second-order valence-corrected chi connectivity index (χ2v) is 6.99. The minimum Gasteiger partial charge on any atom is -0.369 e. The van der Waals surface area contributed by atoms with Gasteiger partial charge in [0.25, 0.3) is 0 Å². The van der Waals surface area contributed by atoms with Crippen LogP contribution in [0.3, 0.4) is 0 Å². The fraction of sp³-hybridized carbons (Fsp3) is 0.421. The van der Waals surface area contributed by atoms with Crippen molar-refractivity contribution in [3.05, 3.63) is 47.4 Å². The van der Waals surface area contributed by atoms with Crippen LogP contribution in [0.15, 0.2) is 30.5 Å². The molecule has 1 saturated carbocycles. The Morgan fingerprint density at radius 2 is 2.00 bits per heavy atom. The Balaban J connectivity index is 1.46. The molecule has 0 amide bonds. The van der Waals surface area contributed by atoms with E-state index in [1.54, 1.807) is 18.3 Å². The molecule has 2 fully saturated rings. The summed E-state index contributed by atoms with van der Waals surface area (Å²) in [5.74, 6) is 2.08.